The van der Waals surface area contributed by atoms with Crippen LogP contribution in [0.2, 0.25) is 0 Å². The molecule has 1 aliphatic heterocycles. The first-order valence-electron chi connectivity index (χ1n) is 10.0. The second kappa shape index (κ2) is 7.33. The first kappa shape index (κ1) is 17.9. The Morgan fingerprint density at radius 2 is 2.14 bits per heavy atom. The predicted molar refractivity (Wildman–Crippen MR) is 114 cm³/mol. The smallest absolute Gasteiger partial charge is 0.223 e. The van der Waals surface area contributed by atoms with Crippen LogP contribution >= 0.6 is 0 Å². The summed E-state index contributed by atoms with van der Waals surface area (Å²) >= 11 is 0. The molecule has 29 heavy (non-hydrogen) atoms. The van der Waals surface area contributed by atoms with Crippen LogP contribution in [0, 0.1) is 13.8 Å². The molecule has 1 aromatic carbocycles. The Kier molecular flexibility index (Phi) is 4.52. The fourth-order valence-corrected chi connectivity index (χ4v) is 4.00. The minimum atomic E-state index is 0.372. The quantitative estimate of drug-likeness (QED) is 0.488. The molecule has 0 saturated carbocycles. The van der Waals surface area contributed by atoms with Crippen molar-refractivity contribution in [2.45, 2.75) is 32.7 Å². The lowest BCUT2D eigenvalue weighted by molar-refractivity contribution is 0.415. The van der Waals surface area contributed by atoms with Gasteiger partial charge in [-0.05, 0) is 50.4 Å². The number of piperidine rings is 1. The number of hydrogen-bond donors (Lipinski definition) is 3. The van der Waals surface area contributed by atoms with Crippen LogP contribution in [-0.2, 0) is 0 Å². The second-order valence-electron chi connectivity index (χ2n) is 7.69. The van der Waals surface area contributed by atoms with Crippen LogP contribution in [-0.4, -0.2) is 39.2 Å². The van der Waals surface area contributed by atoms with Gasteiger partial charge in [-0.1, -0.05) is 17.3 Å². The highest BCUT2D eigenvalue weighted by Crippen LogP contribution is 2.33. The molecule has 1 saturated heterocycles. The Hall–Kier alpha value is -3.19. The number of hydrogen-bond acceptors (Lipinski definition) is 6. The molecule has 1 fully saturated rings. The molecule has 4 heterocycles. The van der Waals surface area contributed by atoms with Gasteiger partial charge in [0.2, 0.25) is 5.95 Å². The number of aryl methyl sites for hydroxylation is 2. The van der Waals surface area contributed by atoms with Gasteiger partial charge >= 0.3 is 0 Å². The van der Waals surface area contributed by atoms with Crippen molar-refractivity contribution in [2.24, 2.45) is 0 Å². The number of nitrogens with zero attached hydrogens (tertiary/aromatic N) is 3. The summed E-state index contributed by atoms with van der Waals surface area (Å²) in [4.78, 5) is 12.7. The Bertz CT molecular complexity index is 1160. The third-order valence-electron chi connectivity index (χ3n) is 5.60. The van der Waals surface area contributed by atoms with Crippen molar-refractivity contribution < 1.29 is 4.52 Å². The highest BCUT2D eigenvalue weighted by Gasteiger charge is 2.17. The van der Waals surface area contributed by atoms with E-state index in [1.807, 2.05) is 19.3 Å². The number of H-pyrrole nitrogens is 1. The van der Waals surface area contributed by atoms with E-state index in [-0.39, 0.29) is 0 Å². The van der Waals surface area contributed by atoms with Gasteiger partial charge in [-0.2, -0.15) is 0 Å². The molecule has 1 aliphatic rings. The molecule has 0 unspecified atom stereocenters. The van der Waals surface area contributed by atoms with Crippen LogP contribution in [0.3, 0.4) is 0 Å². The molecule has 0 aliphatic carbocycles. The van der Waals surface area contributed by atoms with Gasteiger partial charge in [0.1, 0.15) is 6.26 Å². The number of fused-ring (bicyclic) bond motifs is 1. The molecule has 148 valence electrons. The van der Waals surface area contributed by atoms with Crippen molar-refractivity contribution in [3.63, 3.8) is 0 Å². The number of nitrogens with one attached hydrogen (secondary N) is 3. The van der Waals surface area contributed by atoms with Gasteiger partial charge < -0.3 is 20.1 Å². The largest absolute Gasteiger partial charge is 0.364 e. The maximum atomic E-state index is 5.09. The van der Waals surface area contributed by atoms with E-state index >= 15 is 0 Å². The van der Waals surface area contributed by atoms with Crippen molar-refractivity contribution >= 4 is 16.9 Å². The van der Waals surface area contributed by atoms with Gasteiger partial charge in [-0.3, -0.25) is 0 Å². The Labute approximate surface area is 168 Å². The minimum absolute atomic E-state index is 0.372. The number of aromatic nitrogens is 4. The van der Waals surface area contributed by atoms with E-state index in [1.165, 1.54) is 6.42 Å². The number of benzene rings is 1. The first-order chi connectivity index (χ1) is 14.2. The van der Waals surface area contributed by atoms with Gasteiger partial charge in [0.05, 0.1) is 11.4 Å². The molecule has 0 bridgehead atoms. The SMILES string of the molecule is Cc1cnc(N[C@H]2CCCNC2)nc1-c1c[nH]c2cc(-c3conc3C)ccc12. The van der Waals surface area contributed by atoms with Crippen LogP contribution < -0.4 is 10.6 Å². The van der Waals surface area contributed by atoms with Crippen molar-refractivity contribution in [1.29, 1.82) is 0 Å². The lowest BCUT2D eigenvalue weighted by atomic mass is 10.0. The number of anilines is 1. The summed E-state index contributed by atoms with van der Waals surface area (Å²) in [6.45, 7) is 6.04. The zero-order chi connectivity index (χ0) is 19.8. The summed E-state index contributed by atoms with van der Waals surface area (Å²) in [7, 11) is 0. The zero-order valence-corrected chi connectivity index (χ0v) is 16.6. The van der Waals surface area contributed by atoms with Crippen molar-refractivity contribution in [3.8, 4) is 22.4 Å². The van der Waals surface area contributed by atoms with Crippen LogP contribution in [0.25, 0.3) is 33.3 Å². The zero-order valence-electron chi connectivity index (χ0n) is 16.6. The summed E-state index contributed by atoms with van der Waals surface area (Å²) in [6, 6.07) is 6.73. The lowest BCUT2D eigenvalue weighted by Crippen LogP contribution is -2.38. The Morgan fingerprint density at radius 1 is 1.21 bits per heavy atom. The van der Waals surface area contributed by atoms with E-state index in [4.69, 9.17) is 9.51 Å². The molecular weight excluding hydrogens is 364 g/mol. The normalized spacial score (nSPS) is 17.0. The summed E-state index contributed by atoms with van der Waals surface area (Å²) in [5.74, 6) is 0.686. The second-order valence-corrected chi connectivity index (χ2v) is 7.69. The highest BCUT2D eigenvalue weighted by atomic mass is 16.5. The molecule has 0 radical (unpaired) electrons. The average molecular weight is 388 g/mol. The fourth-order valence-electron chi connectivity index (χ4n) is 4.00. The summed E-state index contributed by atoms with van der Waals surface area (Å²) < 4.78 is 5.09. The van der Waals surface area contributed by atoms with Gasteiger partial charge in [-0.15, -0.1) is 0 Å². The topological polar surface area (TPSA) is 91.7 Å². The van der Waals surface area contributed by atoms with Crippen LogP contribution in [0.1, 0.15) is 24.1 Å². The number of rotatable bonds is 4. The summed E-state index contributed by atoms with van der Waals surface area (Å²) in [5, 5.41) is 12.0. The Balaban J connectivity index is 1.50. The predicted octanol–water partition coefficient (Wildman–Crippen LogP) is 4.06. The van der Waals surface area contributed by atoms with Crippen LogP contribution in [0.15, 0.2) is 41.4 Å². The molecule has 7 heteroatoms. The molecule has 4 aromatic rings. The van der Waals surface area contributed by atoms with Gasteiger partial charge in [0.15, 0.2) is 0 Å². The minimum Gasteiger partial charge on any atom is -0.364 e. The van der Waals surface area contributed by atoms with E-state index < -0.39 is 0 Å². The number of aromatic amines is 1. The summed E-state index contributed by atoms with van der Waals surface area (Å²) in [6.07, 6.45) is 7.92. The molecule has 0 amide bonds. The highest BCUT2D eigenvalue weighted by molar-refractivity contribution is 5.97. The molecule has 7 nitrogen and oxygen atoms in total. The van der Waals surface area contributed by atoms with Crippen molar-refractivity contribution in [2.75, 3.05) is 18.4 Å². The molecule has 5 rings (SSSR count). The van der Waals surface area contributed by atoms with E-state index in [0.29, 0.717) is 12.0 Å². The molecule has 3 aromatic heterocycles. The van der Waals surface area contributed by atoms with Gasteiger partial charge in [-0.25, -0.2) is 9.97 Å². The van der Waals surface area contributed by atoms with Gasteiger partial charge in [0.25, 0.3) is 0 Å². The van der Waals surface area contributed by atoms with Crippen LogP contribution in [0.4, 0.5) is 5.95 Å². The summed E-state index contributed by atoms with van der Waals surface area (Å²) in [5.41, 5.74) is 7.12. The van der Waals surface area contributed by atoms with E-state index in [2.05, 4.69) is 50.9 Å². The molecule has 1 atom stereocenters. The van der Waals surface area contributed by atoms with E-state index in [1.54, 1.807) is 6.26 Å². The third kappa shape index (κ3) is 3.38. The standard InChI is InChI=1S/C22H24N6O/c1-13-9-25-22(26-16-4-3-7-23-10-16)27-21(13)18-11-24-20-8-15(5-6-17(18)20)19-12-29-28-14(19)2/h5-6,8-9,11-12,16,23-24H,3-4,7,10H2,1-2H3,(H,25,26,27)/t16-/m0/s1. The third-order valence-corrected chi connectivity index (χ3v) is 5.60. The maximum Gasteiger partial charge on any atom is 0.223 e. The van der Waals surface area contributed by atoms with Gasteiger partial charge in [0, 0.05) is 47.0 Å². The van der Waals surface area contributed by atoms with Crippen molar-refractivity contribution in [3.05, 3.63) is 48.1 Å². The Morgan fingerprint density at radius 3 is 2.93 bits per heavy atom. The molecule has 3 N–H and O–H groups in total. The lowest BCUT2D eigenvalue weighted by Gasteiger charge is -2.24. The van der Waals surface area contributed by atoms with E-state index in [9.17, 15) is 0 Å². The average Bonchev–Trinajstić information content (AvgIpc) is 3.36. The molecule has 0 spiro atoms. The monoisotopic (exact) mass is 388 g/mol. The van der Waals surface area contributed by atoms with E-state index in [0.717, 1.165) is 64.1 Å². The first-order valence-corrected chi connectivity index (χ1v) is 10.0. The van der Waals surface area contributed by atoms with Crippen LogP contribution in [0.5, 0.6) is 0 Å². The van der Waals surface area contributed by atoms with Crippen molar-refractivity contribution in [1.82, 2.24) is 25.4 Å². The molecular formula is C22H24N6O. The fraction of sp³-hybridized carbons (Fsp3) is 0.318. The maximum absolute atomic E-state index is 5.09.